The summed E-state index contributed by atoms with van der Waals surface area (Å²) in [7, 11) is 3.95. The molecule has 0 aliphatic rings. The topological polar surface area (TPSA) is 48.5 Å². The molecule has 0 N–H and O–H groups in total. The van der Waals surface area contributed by atoms with Crippen LogP contribution in [0, 0.1) is 24.5 Å². The van der Waals surface area contributed by atoms with Crippen molar-refractivity contribution in [2.45, 2.75) is 0 Å². The van der Waals surface area contributed by atoms with Crippen LogP contribution in [0.1, 0.15) is 5.56 Å². The van der Waals surface area contributed by atoms with Crippen LogP contribution < -0.4 is 0 Å². The molecule has 0 spiro atoms. The molecule has 0 saturated carbocycles. The van der Waals surface area contributed by atoms with E-state index in [-0.39, 0.29) is 20.1 Å². The molecule has 6 aromatic rings. The molecule has 3 aromatic carbocycles. The SMILES string of the molecule is Cn1ccnc1-c1[c-]c(-c2nccn2C)ccc1.[C-]#Cc1ccccc1.[Ir+3].[c-]1ccccc1-c1ccccn1. The Kier molecular flexibility index (Phi) is 11.2. The van der Waals surface area contributed by atoms with E-state index in [4.69, 9.17) is 6.42 Å². The van der Waals surface area contributed by atoms with Crippen molar-refractivity contribution < 1.29 is 20.1 Å². The van der Waals surface area contributed by atoms with Crippen molar-refractivity contribution >= 4 is 0 Å². The van der Waals surface area contributed by atoms with Crippen molar-refractivity contribution in [2.24, 2.45) is 14.1 Å². The Morgan fingerprint density at radius 1 is 0.641 bits per heavy atom. The Bertz CT molecular complexity index is 1490. The van der Waals surface area contributed by atoms with Crippen molar-refractivity contribution in [3.05, 3.63) is 146 Å². The summed E-state index contributed by atoms with van der Waals surface area (Å²) >= 11 is 0. The fourth-order valence-corrected chi connectivity index (χ4v) is 3.58. The third kappa shape index (κ3) is 8.21. The summed E-state index contributed by atoms with van der Waals surface area (Å²) < 4.78 is 3.96. The van der Waals surface area contributed by atoms with Gasteiger partial charge in [-0.1, -0.05) is 41.5 Å². The summed E-state index contributed by atoms with van der Waals surface area (Å²) in [5.74, 6) is 4.09. The van der Waals surface area contributed by atoms with E-state index in [2.05, 4.69) is 33.0 Å². The number of aromatic nitrogens is 5. The van der Waals surface area contributed by atoms with Gasteiger partial charge in [0, 0.05) is 45.1 Å². The molecule has 0 saturated heterocycles. The van der Waals surface area contributed by atoms with Gasteiger partial charge in [-0.2, -0.15) is 0 Å². The molecule has 5 nitrogen and oxygen atoms in total. The first-order valence-corrected chi connectivity index (χ1v) is 12.0. The number of imidazole rings is 2. The molecule has 0 radical (unpaired) electrons. The summed E-state index contributed by atoms with van der Waals surface area (Å²) in [6, 6.07) is 35.6. The van der Waals surface area contributed by atoms with Crippen molar-refractivity contribution in [1.29, 1.82) is 0 Å². The second-order valence-electron chi connectivity index (χ2n) is 8.18. The molecule has 0 atom stereocenters. The van der Waals surface area contributed by atoms with Crippen molar-refractivity contribution in [1.82, 2.24) is 24.1 Å². The van der Waals surface area contributed by atoms with E-state index < -0.39 is 0 Å². The molecule has 3 heterocycles. The standard InChI is InChI=1S/C14H13N4.C11H8N.C8H5.Ir/c1-17-8-6-15-13(17)11-4-3-5-12(10-11)14-16-7-9-18(14)2;1-2-6-10(7-3-1)11-8-4-5-9-12-11;1-2-8-6-4-3-5-7-8;/h3-9H,1-2H3;1-6,8-9H;3-7H;/q3*-1;+3. The van der Waals surface area contributed by atoms with Gasteiger partial charge >= 0.3 is 20.1 Å². The van der Waals surface area contributed by atoms with Crippen LogP contribution in [0.5, 0.6) is 0 Å². The number of hydrogen-bond donors (Lipinski definition) is 0. The molecule has 6 rings (SSSR count). The van der Waals surface area contributed by atoms with Gasteiger partial charge in [0.15, 0.2) is 0 Å². The maximum Gasteiger partial charge on any atom is 3.00 e. The van der Waals surface area contributed by atoms with Crippen LogP contribution in [-0.2, 0) is 34.2 Å². The molecule has 192 valence electrons. The molecule has 0 unspecified atom stereocenters. The third-order valence-corrected chi connectivity index (χ3v) is 5.49. The van der Waals surface area contributed by atoms with Gasteiger partial charge in [-0.05, 0) is 11.8 Å². The van der Waals surface area contributed by atoms with Crippen LogP contribution in [0.2, 0.25) is 0 Å². The number of rotatable bonds is 3. The van der Waals surface area contributed by atoms with E-state index in [9.17, 15) is 0 Å². The van der Waals surface area contributed by atoms with E-state index in [0.29, 0.717) is 0 Å². The largest absolute Gasteiger partial charge is 3.00 e. The van der Waals surface area contributed by atoms with Crippen LogP contribution >= 0.6 is 0 Å². The zero-order chi connectivity index (χ0) is 26.6. The number of hydrogen-bond acceptors (Lipinski definition) is 3. The van der Waals surface area contributed by atoms with Crippen molar-refractivity contribution in [3.63, 3.8) is 0 Å². The van der Waals surface area contributed by atoms with Gasteiger partial charge in [0.25, 0.3) is 0 Å². The first kappa shape index (κ1) is 29.0. The number of nitrogens with zero attached hydrogens (tertiary/aromatic N) is 5. The maximum atomic E-state index is 6.69. The Morgan fingerprint density at radius 3 is 1.69 bits per heavy atom. The smallest absolute Gasteiger partial charge is 0.366 e. The molecule has 0 aliphatic heterocycles. The van der Waals surface area contributed by atoms with Gasteiger partial charge < -0.3 is 20.5 Å². The predicted octanol–water partition coefficient (Wildman–Crippen LogP) is 6.46. The van der Waals surface area contributed by atoms with E-state index >= 15 is 0 Å². The van der Waals surface area contributed by atoms with E-state index in [0.717, 1.165) is 39.6 Å². The summed E-state index contributed by atoms with van der Waals surface area (Å²) in [6.07, 6.45) is 15.9. The fraction of sp³-hybridized carbons (Fsp3) is 0.0606. The van der Waals surface area contributed by atoms with E-state index in [1.165, 1.54) is 0 Å². The second-order valence-corrected chi connectivity index (χ2v) is 8.18. The zero-order valence-electron chi connectivity index (χ0n) is 21.6. The fourth-order valence-electron chi connectivity index (χ4n) is 3.58. The first-order chi connectivity index (χ1) is 18.7. The summed E-state index contributed by atoms with van der Waals surface area (Å²) in [4.78, 5) is 12.9. The van der Waals surface area contributed by atoms with Gasteiger partial charge in [0.1, 0.15) is 0 Å². The molecule has 0 fully saturated rings. The maximum absolute atomic E-state index is 6.69. The number of benzene rings is 3. The van der Waals surface area contributed by atoms with Crippen molar-refractivity contribution in [2.75, 3.05) is 0 Å². The minimum absolute atomic E-state index is 0. The van der Waals surface area contributed by atoms with Gasteiger partial charge in [-0.25, -0.2) is 0 Å². The quantitative estimate of drug-likeness (QED) is 0.159. The Morgan fingerprint density at radius 2 is 1.23 bits per heavy atom. The van der Waals surface area contributed by atoms with Crippen LogP contribution in [0.4, 0.5) is 0 Å². The Balaban J connectivity index is 0.000000173. The summed E-state index contributed by atoms with van der Waals surface area (Å²) in [5.41, 5.74) is 4.79. The predicted molar refractivity (Wildman–Crippen MR) is 151 cm³/mol. The van der Waals surface area contributed by atoms with E-state index in [1.807, 2.05) is 127 Å². The number of pyridine rings is 1. The minimum Gasteiger partial charge on any atom is -0.366 e. The van der Waals surface area contributed by atoms with Gasteiger partial charge in [-0.3, -0.25) is 15.9 Å². The van der Waals surface area contributed by atoms with Gasteiger partial charge in [0.2, 0.25) is 0 Å². The number of aryl methyl sites for hydroxylation is 2. The minimum atomic E-state index is 0. The third-order valence-electron chi connectivity index (χ3n) is 5.49. The van der Waals surface area contributed by atoms with Crippen LogP contribution in [0.25, 0.3) is 34.0 Å². The van der Waals surface area contributed by atoms with Crippen LogP contribution in [-0.4, -0.2) is 24.1 Å². The van der Waals surface area contributed by atoms with E-state index in [1.54, 1.807) is 18.6 Å². The first-order valence-electron chi connectivity index (χ1n) is 12.0. The molecular weight excluding hydrogens is 659 g/mol. The summed E-state index contributed by atoms with van der Waals surface area (Å²) in [5, 5.41) is 0. The average Bonchev–Trinajstić information content (AvgIpc) is 3.63. The monoisotopic (exact) mass is 685 g/mol. The van der Waals surface area contributed by atoms with Gasteiger partial charge in [-0.15, -0.1) is 77.9 Å². The van der Waals surface area contributed by atoms with Crippen molar-refractivity contribution in [3.8, 4) is 40.0 Å². The summed E-state index contributed by atoms with van der Waals surface area (Å²) in [6.45, 7) is 0. The molecule has 0 bridgehead atoms. The second kappa shape index (κ2) is 15.0. The Labute approximate surface area is 243 Å². The Hall–Kier alpha value is -4.56. The normalized spacial score (nSPS) is 9.56. The van der Waals surface area contributed by atoms with Crippen LogP contribution in [0.15, 0.2) is 122 Å². The molecule has 39 heavy (non-hydrogen) atoms. The molecule has 0 amide bonds. The molecule has 3 aromatic heterocycles. The average molecular weight is 685 g/mol. The molecule has 6 heteroatoms. The van der Waals surface area contributed by atoms with Gasteiger partial charge in [0.05, 0.1) is 11.6 Å². The molecule has 0 aliphatic carbocycles. The molecular formula is C33H26IrN5. The zero-order valence-corrected chi connectivity index (χ0v) is 24.0. The van der Waals surface area contributed by atoms with Crippen LogP contribution in [0.3, 0.4) is 0 Å².